The quantitative estimate of drug-likeness (QED) is 0.0256. The number of nitrogens with one attached hydrogen (secondary N) is 5. The van der Waals surface area contributed by atoms with Crippen molar-refractivity contribution in [2.75, 3.05) is 19.7 Å². The Kier molecular flexibility index (Phi) is 18.6. The van der Waals surface area contributed by atoms with Gasteiger partial charge in [0.05, 0.1) is 13.2 Å². The van der Waals surface area contributed by atoms with Gasteiger partial charge in [-0.05, 0) is 31.1 Å². The van der Waals surface area contributed by atoms with Gasteiger partial charge in [-0.2, -0.15) is 0 Å². The molecule has 1 unspecified atom stereocenters. The molecule has 17 heteroatoms. The van der Waals surface area contributed by atoms with Crippen LogP contribution in [0, 0.1) is 11.8 Å². The largest absolute Gasteiger partial charge is 0.394 e. The van der Waals surface area contributed by atoms with Crippen molar-refractivity contribution in [1.29, 1.82) is 0 Å². The van der Waals surface area contributed by atoms with Crippen molar-refractivity contribution in [3.63, 3.8) is 0 Å². The smallest absolute Gasteiger partial charge is 0.247 e. The zero-order valence-corrected chi connectivity index (χ0v) is 25.9. The summed E-state index contributed by atoms with van der Waals surface area (Å²) in [6.07, 6.45) is 2.31. The van der Waals surface area contributed by atoms with Crippen molar-refractivity contribution in [3.05, 3.63) is 12.7 Å². The highest BCUT2D eigenvalue weighted by molar-refractivity contribution is 5.96. The van der Waals surface area contributed by atoms with Gasteiger partial charge in [0.25, 0.3) is 0 Å². The molecule has 17 nitrogen and oxygen atoms in total. The van der Waals surface area contributed by atoms with Gasteiger partial charge in [0, 0.05) is 6.54 Å². The average molecular weight is 627 g/mol. The zero-order chi connectivity index (χ0) is 34.0. The molecule has 0 spiro atoms. The second kappa shape index (κ2) is 20.6. The highest BCUT2D eigenvalue weighted by atomic mass is 16.3. The lowest BCUT2D eigenvalue weighted by atomic mass is 9.97. The molecule has 0 rings (SSSR count). The molecule has 250 valence electrons. The SMILES string of the molecule is C=CC(NC(=O)[C@@H](N)CO)C(=O)N[C@H](C(=O)NCC(=O)N[C@@H](CCCN=C(N)N)C(=O)N[C@@H](CC(C)C)C(N)=O)[C@@H](C)CC. The van der Waals surface area contributed by atoms with Crippen molar-refractivity contribution in [2.45, 2.75) is 83.6 Å². The molecule has 0 aliphatic rings. The van der Waals surface area contributed by atoms with E-state index in [1.807, 2.05) is 13.8 Å². The predicted molar refractivity (Wildman–Crippen MR) is 164 cm³/mol. The summed E-state index contributed by atoms with van der Waals surface area (Å²) in [6, 6.07) is -5.66. The molecular weight excluding hydrogens is 576 g/mol. The van der Waals surface area contributed by atoms with E-state index in [0.29, 0.717) is 19.3 Å². The summed E-state index contributed by atoms with van der Waals surface area (Å²) in [5.41, 5.74) is 21.6. The molecule has 0 aliphatic carbocycles. The molecule has 0 saturated heterocycles. The van der Waals surface area contributed by atoms with E-state index in [4.69, 9.17) is 28.0 Å². The van der Waals surface area contributed by atoms with Crippen molar-refractivity contribution in [3.8, 4) is 0 Å². The fourth-order valence-electron chi connectivity index (χ4n) is 3.80. The summed E-state index contributed by atoms with van der Waals surface area (Å²) in [5, 5.41) is 21.5. The van der Waals surface area contributed by atoms with Gasteiger partial charge in [-0.15, -0.1) is 6.58 Å². The molecule has 6 atom stereocenters. The first kappa shape index (κ1) is 39.8. The van der Waals surface area contributed by atoms with Crippen molar-refractivity contribution >= 4 is 41.4 Å². The number of carbonyl (C=O) groups excluding carboxylic acids is 6. The van der Waals surface area contributed by atoms with E-state index in [9.17, 15) is 28.8 Å². The number of nitrogens with two attached hydrogens (primary N) is 4. The monoisotopic (exact) mass is 626 g/mol. The van der Waals surface area contributed by atoms with Gasteiger partial charge in [-0.1, -0.05) is 40.2 Å². The van der Waals surface area contributed by atoms with E-state index in [1.54, 1.807) is 13.8 Å². The number of primary amides is 1. The summed E-state index contributed by atoms with van der Waals surface area (Å²) in [7, 11) is 0. The third kappa shape index (κ3) is 15.3. The van der Waals surface area contributed by atoms with Crippen LogP contribution in [0.3, 0.4) is 0 Å². The summed E-state index contributed by atoms with van der Waals surface area (Å²) < 4.78 is 0. The maximum atomic E-state index is 13.0. The zero-order valence-electron chi connectivity index (χ0n) is 25.9. The molecule has 0 aromatic rings. The lowest BCUT2D eigenvalue weighted by Crippen LogP contribution is -2.58. The van der Waals surface area contributed by atoms with Crippen LogP contribution in [0.5, 0.6) is 0 Å². The summed E-state index contributed by atoms with van der Waals surface area (Å²) in [4.78, 5) is 79.4. The Morgan fingerprint density at radius 3 is 2.02 bits per heavy atom. The third-order valence-electron chi connectivity index (χ3n) is 6.53. The number of aliphatic imine (C=N–C) groups is 1. The van der Waals surface area contributed by atoms with Crippen LogP contribution in [0.15, 0.2) is 17.6 Å². The Hall–Kier alpha value is -4.25. The lowest BCUT2D eigenvalue weighted by Gasteiger charge is -2.26. The minimum Gasteiger partial charge on any atom is -0.394 e. The predicted octanol–water partition coefficient (Wildman–Crippen LogP) is -3.82. The fourth-order valence-corrected chi connectivity index (χ4v) is 3.80. The second-order valence-electron chi connectivity index (χ2n) is 10.8. The Morgan fingerprint density at radius 2 is 1.52 bits per heavy atom. The van der Waals surface area contributed by atoms with Crippen LogP contribution in [-0.2, 0) is 28.8 Å². The van der Waals surface area contributed by atoms with E-state index in [0.717, 1.165) is 6.08 Å². The molecule has 0 radical (unpaired) electrons. The van der Waals surface area contributed by atoms with E-state index in [2.05, 4.69) is 38.2 Å². The molecule has 6 amide bonds. The molecule has 0 aliphatic heterocycles. The number of guanidine groups is 1. The Bertz CT molecular complexity index is 1030. The molecular formula is C27H50N10O7. The van der Waals surface area contributed by atoms with Gasteiger partial charge in [-0.25, -0.2) is 0 Å². The second-order valence-corrected chi connectivity index (χ2v) is 10.8. The number of carbonyl (C=O) groups is 6. The number of nitrogens with zero attached hydrogens (tertiary/aromatic N) is 1. The molecule has 0 aromatic carbocycles. The molecule has 0 aromatic heterocycles. The molecule has 44 heavy (non-hydrogen) atoms. The number of hydrogen-bond donors (Lipinski definition) is 10. The summed E-state index contributed by atoms with van der Waals surface area (Å²) in [6.45, 7) is 9.71. The normalized spacial score (nSPS) is 14.9. The van der Waals surface area contributed by atoms with Crippen LogP contribution < -0.4 is 49.5 Å². The molecule has 14 N–H and O–H groups in total. The first-order valence-corrected chi connectivity index (χ1v) is 14.4. The Labute approximate surface area is 257 Å². The van der Waals surface area contributed by atoms with Gasteiger partial charge < -0.3 is 54.6 Å². The average Bonchev–Trinajstić information content (AvgIpc) is 2.96. The number of aliphatic hydroxyl groups is 1. The van der Waals surface area contributed by atoms with Crippen LogP contribution in [-0.4, -0.2) is 96.4 Å². The first-order valence-electron chi connectivity index (χ1n) is 14.4. The first-order chi connectivity index (χ1) is 20.6. The molecule has 0 fully saturated rings. The van der Waals surface area contributed by atoms with Crippen LogP contribution >= 0.6 is 0 Å². The summed E-state index contributed by atoms with van der Waals surface area (Å²) >= 11 is 0. The highest BCUT2D eigenvalue weighted by Crippen LogP contribution is 2.09. The van der Waals surface area contributed by atoms with Gasteiger partial charge in [0.15, 0.2) is 5.96 Å². The van der Waals surface area contributed by atoms with E-state index < -0.39 is 78.8 Å². The van der Waals surface area contributed by atoms with Crippen LogP contribution in [0.1, 0.15) is 53.4 Å². The van der Waals surface area contributed by atoms with Crippen molar-refractivity contribution in [1.82, 2.24) is 26.6 Å². The van der Waals surface area contributed by atoms with E-state index in [1.165, 1.54) is 0 Å². The number of hydrogen-bond acceptors (Lipinski definition) is 9. The maximum absolute atomic E-state index is 13.0. The molecule has 0 bridgehead atoms. The van der Waals surface area contributed by atoms with Gasteiger partial charge >= 0.3 is 0 Å². The van der Waals surface area contributed by atoms with Gasteiger partial charge in [0.1, 0.15) is 30.2 Å². The molecule has 0 saturated carbocycles. The highest BCUT2D eigenvalue weighted by Gasteiger charge is 2.30. The van der Waals surface area contributed by atoms with Crippen LogP contribution in [0.2, 0.25) is 0 Å². The minimum absolute atomic E-state index is 0.0491. The van der Waals surface area contributed by atoms with Crippen LogP contribution in [0.4, 0.5) is 0 Å². The topological polar surface area (TPSA) is 299 Å². The minimum atomic E-state index is -1.26. The van der Waals surface area contributed by atoms with E-state index in [-0.39, 0.29) is 30.8 Å². The summed E-state index contributed by atoms with van der Waals surface area (Å²) in [5.74, 6) is -4.81. The van der Waals surface area contributed by atoms with Crippen molar-refractivity contribution < 1.29 is 33.9 Å². The number of amides is 6. The van der Waals surface area contributed by atoms with Gasteiger partial charge in [0.2, 0.25) is 35.4 Å². The van der Waals surface area contributed by atoms with Crippen molar-refractivity contribution in [2.24, 2.45) is 39.8 Å². The number of rotatable bonds is 21. The third-order valence-corrected chi connectivity index (χ3v) is 6.53. The maximum Gasteiger partial charge on any atom is 0.247 e. The number of aliphatic hydroxyl groups excluding tert-OH is 1. The van der Waals surface area contributed by atoms with Crippen LogP contribution in [0.25, 0.3) is 0 Å². The standard InChI is InChI=1S/C27H50N10O7/c1-6-15(5)21(37-24(42)17(7-2)35-23(41)16(28)13-38)26(44)33-12-20(39)34-18(9-8-10-32-27(30)31)25(43)36-19(22(29)40)11-14(3)4/h7,14-19,21,38H,2,6,8-13,28H2,1,3-5H3,(H2,29,40)(H,33,44)(H,34,39)(H,35,41)(H,36,43)(H,37,42)(H4,30,31,32)/t15-,16-,17?,18-,19-,21-/m0/s1. The van der Waals surface area contributed by atoms with Gasteiger partial charge in [-0.3, -0.25) is 33.8 Å². The Balaban J connectivity index is 5.54. The fraction of sp³-hybridized carbons (Fsp3) is 0.667. The Morgan fingerprint density at radius 1 is 0.886 bits per heavy atom. The molecule has 0 heterocycles. The van der Waals surface area contributed by atoms with E-state index >= 15 is 0 Å². The lowest BCUT2D eigenvalue weighted by molar-refractivity contribution is -0.134.